The van der Waals surface area contributed by atoms with E-state index in [0.29, 0.717) is 5.82 Å². The Morgan fingerprint density at radius 2 is 2.25 bits per heavy atom. The van der Waals surface area contributed by atoms with Gasteiger partial charge >= 0.3 is 5.97 Å². The van der Waals surface area contributed by atoms with Crippen LogP contribution in [-0.2, 0) is 9.59 Å². The number of carbonyl (C=O) groups is 2. The number of aliphatic carboxylic acids is 1. The first-order chi connectivity index (χ1) is 9.52. The van der Waals surface area contributed by atoms with Crippen molar-refractivity contribution < 1.29 is 14.7 Å². The monoisotopic (exact) mass is 274 g/mol. The van der Waals surface area contributed by atoms with Gasteiger partial charge < -0.3 is 15.7 Å². The molecule has 1 aromatic rings. The van der Waals surface area contributed by atoms with Crippen molar-refractivity contribution in [1.29, 1.82) is 5.26 Å². The molecule has 1 rings (SSSR count). The second-order valence-corrected chi connectivity index (χ2v) is 3.93. The number of aryl methyl sites for hydroxylation is 1. The highest BCUT2D eigenvalue weighted by molar-refractivity contribution is 5.97. The zero-order chi connectivity index (χ0) is 15.0. The molecular weight excluding hydrogens is 260 g/mol. The summed E-state index contributed by atoms with van der Waals surface area (Å²) in [6.45, 7) is 1.86. The largest absolute Gasteiger partial charge is 0.481 e. The van der Waals surface area contributed by atoms with Gasteiger partial charge in [-0.15, -0.1) is 0 Å². The lowest BCUT2D eigenvalue weighted by molar-refractivity contribution is -0.136. The molecule has 0 radical (unpaired) electrons. The van der Waals surface area contributed by atoms with Gasteiger partial charge in [0.1, 0.15) is 17.5 Å². The van der Waals surface area contributed by atoms with E-state index in [1.807, 2.05) is 13.0 Å². The summed E-state index contributed by atoms with van der Waals surface area (Å²) in [7, 11) is 0. The van der Waals surface area contributed by atoms with Gasteiger partial charge in [-0.3, -0.25) is 9.59 Å². The molecule has 0 atom stereocenters. The molecule has 0 fully saturated rings. The van der Waals surface area contributed by atoms with Crippen LogP contribution >= 0.6 is 0 Å². The second kappa shape index (κ2) is 7.53. The topological polar surface area (TPSA) is 115 Å². The van der Waals surface area contributed by atoms with Gasteiger partial charge in [-0.05, 0) is 18.6 Å². The first-order valence-corrected chi connectivity index (χ1v) is 5.82. The van der Waals surface area contributed by atoms with Crippen LogP contribution in [0.2, 0.25) is 0 Å². The normalized spacial score (nSPS) is 10.5. The predicted molar refractivity (Wildman–Crippen MR) is 71.6 cm³/mol. The number of anilines is 1. The Balaban J connectivity index is 2.58. The third-order valence-corrected chi connectivity index (χ3v) is 2.27. The predicted octanol–water partition coefficient (Wildman–Crippen LogP) is 0.800. The number of hydrogen-bond acceptors (Lipinski definition) is 5. The van der Waals surface area contributed by atoms with E-state index in [0.717, 1.165) is 5.56 Å². The molecule has 1 heterocycles. The van der Waals surface area contributed by atoms with Gasteiger partial charge in [-0.1, -0.05) is 6.07 Å². The Bertz CT molecular complexity index is 558. The van der Waals surface area contributed by atoms with Crippen molar-refractivity contribution >= 4 is 17.7 Å². The summed E-state index contributed by atoms with van der Waals surface area (Å²) in [5.41, 5.74) is 0.837. The van der Waals surface area contributed by atoms with Crippen molar-refractivity contribution in [2.75, 3.05) is 11.9 Å². The fourth-order valence-corrected chi connectivity index (χ4v) is 1.23. The Morgan fingerprint density at radius 3 is 2.80 bits per heavy atom. The number of carbonyl (C=O) groups excluding carboxylic acids is 1. The molecule has 0 saturated heterocycles. The average Bonchev–Trinajstić information content (AvgIpc) is 2.41. The third-order valence-electron chi connectivity index (χ3n) is 2.27. The minimum Gasteiger partial charge on any atom is -0.481 e. The molecule has 0 unspecified atom stereocenters. The number of carboxylic acid groups (broad SMARTS) is 1. The molecule has 0 aliphatic rings. The SMILES string of the molecule is Cc1ccc(N/C=C(/C#N)C(=O)NCCC(=O)O)nc1. The number of nitrogens with one attached hydrogen (secondary N) is 2. The minimum atomic E-state index is -1.02. The molecule has 104 valence electrons. The number of amides is 1. The van der Waals surface area contributed by atoms with Crippen LogP contribution in [0, 0.1) is 18.3 Å². The highest BCUT2D eigenvalue weighted by Gasteiger charge is 2.08. The highest BCUT2D eigenvalue weighted by atomic mass is 16.4. The lowest BCUT2D eigenvalue weighted by Crippen LogP contribution is -2.27. The van der Waals surface area contributed by atoms with Crippen LogP contribution < -0.4 is 10.6 Å². The maximum absolute atomic E-state index is 11.6. The Kier molecular flexibility index (Phi) is 5.72. The summed E-state index contributed by atoms with van der Waals surface area (Å²) in [6.07, 6.45) is 2.68. The highest BCUT2D eigenvalue weighted by Crippen LogP contribution is 2.04. The van der Waals surface area contributed by atoms with Crippen LogP contribution in [0.25, 0.3) is 0 Å². The molecule has 7 heteroatoms. The fourth-order valence-electron chi connectivity index (χ4n) is 1.23. The van der Waals surface area contributed by atoms with Crippen LogP contribution in [0.3, 0.4) is 0 Å². The van der Waals surface area contributed by atoms with Crippen molar-refractivity contribution in [3.63, 3.8) is 0 Å². The van der Waals surface area contributed by atoms with Crippen LogP contribution in [-0.4, -0.2) is 28.5 Å². The first-order valence-electron chi connectivity index (χ1n) is 5.82. The Hall–Kier alpha value is -2.88. The summed E-state index contributed by atoms with van der Waals surface area (Å²) in [5.74, 6) is -1.15. The number of hydrogen-bond donors (Lipinski definition) is 3. The van der Waals surface area contributed by atoms with E-state index in [1.165, 1.54) is 6.20 Å². The Labute approximate surface area is 115 Å². The van der Waals surface area contributed by atoms with Gasteiger partial charge in [0.05, 0.1) is 6.42 Å². The van der Waals surface area contributed by atoms with Crippen LogP contribution in [0.15, 0.2) is 30.1 Å². The van der Waals surface area contributed by atoms with Crippen molar-refractivity contribution in [2.24, 2.45) is 0 Å². The molecule has 3 N–H and O–H groups in total. The number of pyridine rings is 1. The van der Waals surface area contributed by atoms with E-state index in [2.05, 4.69) is 15.6 Å². The molecule has 20 heavy (non-hydrogen) atoms. The number of aromatic nitrogens is 1. The van der Waals surface area contributed by atoms with Crippen molar-refractivity contribution in [2.45, 2.75) is 13.3 Å². The molecule has 1 amide bonds. The smallest absolute Gasteiger partial charge is 0.305 e. The fraction of sp³-hybridized carbons (Fsp3) is 0.231. The van der Waals surface area contributed by atoms with Gasteiger partial charge in [0.2, 0.25) is 0 Å². The average molecular weight is 274 g/mol. The number of rotatable bonds is 6. The minimum absolute atomic E-state index is 0.0318. The van der Waals surface area contributed by atoms with Gasteiger partial charge in [0, 0.05) is 18.9 Å². The van der Waals surface area contributed by atoms with E-state index in [1.54, 1.807) is 18.3 Å². The summed E-state index contributed by atoms with van der Waals surface area (Å²) >= 11 is 0. The summed E-state index contributed by atoms with van der Waals surface area (Å²) in [4.78, 5) is 25.9. The van der Waals surface area contributed by atoms with Crippen LogP contribution in [0.5, 0.6) is 0 Å². The maximum Gasteiger partial charge on any atom is 0.305 e. The lowest BCUT2D eigenvalue weighted by atomic mass is 10.3. The van der Waals surface area contributed by atoms with E-state index in [9.17, 15) is 9.59 Å². The third kappa shape index (κ3) is 5.18. The van der Waals surface area contributed by atoms with Crippen molar-refractivity contribution in [3.8, 4) is 6.07 Å². The molecule has 0 aliphatic carbocycles. The van der Waals surface area contributed by atoms with Gasteiger partial charge in [0.15, 0.2) is 0 Å². The molecule has 7 nitrogen and oxygen atoms in total. The Morgan fingerprint density at radius 1 is 1.50 bits per heavy atom. The van der Waals surface area contributed by atoms with Gasteiger partial charge in [0.25, 0.3) is 5.91 Å². The van der Waals surface area contributed by atoms with Crippen molar-refractivity contribution in [1.82, 2.24) is 10.3 Å². The molecule has 0 aromatic carbocycles. The zero-order valence-electron chi connectivity index (χ0n) is 10.9. The number of nitrogens with zero attached hydrogens (tertiary/aromatic N) is 2. The van der Waals surface area contributed by atoms with Gasteiger partial charge in [-0.2, -0.15) is 5.26 Å². The standard InChI is InChI=1S/C13H14N4O3/c1-9-2-3-11(16-7-9)17-8-10(6-14)13(20)15-5-4-12(18)19/h2-3,7-8H,4-5H2,1H3,(H,15,20)(H,16,17)(H,18,19)/b10-8-. The quantitative estimate of drug-likeness (QED) is 0.522. The number of nitriles is 1. The first kappa shape index (κ1) is 15.2. The number of carboxylic acids is 1. The molecule has 0 spiro atoms. The molecule has 1 aromatic heterocycles. The van der Waals surface area contributed by atoms with Crippen LogP contribution in [0.4, 0.5) is 5.82 Å². The summed E-state index contributed by atoms with van der Waals surface area (Å²) in [5, 5.41) is 22.4. The van der Waals surface area contributed by atoms with E-state index in [4.69, 9.17) is 10.4 Å². The van der Waals surface area contributed by atoms with E-state index >= 15 is 0 Å². The molecular formula is C13H14N4O3. The molecule has 0 saturated carbocycles. The molecule has 0 bridgehead atoms. The van der Waals surface area contributed by atoms with Gasteiger partial charge in [-0.25, -0.2) is 4.98 Å². The van der Waals surface area contributed by atoms with E-state index < -0.39 is 11.9 Å². The summed E-state index contributed by atoms with van der Waals surface area (Å²) in [6, 6.07) is 5.28. The van der Waals surface area contributed by atoms with Crippen molar-refractivity contribution in [3.05, 3.63) is 35.7 Å². The maximum atomic E-state index is 11.6. The lowest BCUT2D eigenvalue weighted by Gasteiger charge is -2.03. The summed E-state index contributed by atoms with van der Waals surface area (Å²) < 4.78 is 0. The van der Waals surface area contributed by atoms with Crippen LogP contribution in [0.1, 0.15) is 12.0 Å². The van der Waals surface area contributed by atoms with E-state index in [-0.39, 0.29) is 18.5 Å². The second-order valence-electron chi connectivity index (χ2n) is 3.93. The zero-order valence-corrected chi connectivity index (χ0v) is 10.9. The molecule has 0 aliphatic heterocycles.